The number of hydrogen-bond donors (Lipinski definition) is 7. The van der Waals surface area contributed by atoms with E-state index in [9.17, 15) is 24.3 Å². The van der Waals surface area contributed by atoms with E-state index in [1.165, 1.54) is 6.92 Å². The summed E-state index contributed by atoms with van der Waals surface area (Å²) in [6.45, 7) is 4.46. The van der Waals surface area contributed by atoms with E-state index in [-0.39, 0.29) is 11.7 Å². The van der Waals surface area contributed by atoms with Gasteiger partial charge in [0.05, 0.1) is 12.6 Å². The molecule has 4 atom stereocenters. The molecular weight excluding hydrogens is 364 g/mol. The molecule has 3 amide bonds. The van der Waals surface area contributed by atoms with Crippen molar-refractivity contribution in [1.82, 2.24) is 16.0 Å². The fourth-order valence-corrected chi connectivity index (χ4v) is 2.20. The first-order valence-electron chi connectivity index (χ1n) is 8.14. The number of hydrogen-bond acceptors (Lipinski definition) is 7. The van der Waals surface area contributed by atoms with E-state index < -0.39 is 54.5 Å². The van der Waals surface area contributed by atoms with Crippen molar-refractivity contribution in [1.29, 1.82) is 0 Å². The third-order valence-electron chi connectivity index (χ3n) is 3.43. The molecular formula is C15H28N4O6S. The summed E-state index contributed by atoms with van der Waals surface area (Å²) in [5, 5.41) is 25.0. The first kappa shape index (κ1) is 24.1. The molecule has 0 bridgehead atoms. The monoisotopic (exact) mass is 392 g/mol. The van der Waals surface area contributed by atoms with Gasteiger partial charge in [0.1, 0.15) is 18.1 Å². The Morgan fingerprint density at radius 1 is 0.962 bits per heavy atom. The number of carboxylic acid groups (broad SMARTS) is 1. The molecule has 0 aromatic carbocycles. The van der Waals surface area contributed by atoms with Crippen molar-refractivity contribution in [3.05, 3.63) is 0 Å². The summed E-state index contributed by atoms with van der Waals surface area (Å²) >= 11 is 3.81. The Bertz CT molecular complexity index is 516. The largest absolute Gasteiger partial charge is 0.480 e. The second-order valence-corrected chi connectivity index (χ2v) is 6.66. The molecule has 0 aliphatic carbocycles. The quantitative estimate of drug-likeness (QED) is 0.196. The number of carbonyl (C=O) groups excluding carboxylic acids is 3. The van der Waals surface area contributed by atoms with Crippen LogP contribution in [0.15, 0.2) is 0 Å². The first-order valence-corrected chi connectivity index (χ1v) is 8.77. The normalized spacial score (nSPS) is 15.5. The molecule has 0 aliphatic heterocycles. The average Bonchev–Trinajstić information content (AvgIpc) is 2.55. The van der Waals surface area contributed by atoms with Crippen LogP contribution in [-0.2, 0) is 19.2 Å². The van der Waals surface area contributed by atoms with Gasteiger partial charge in [-0.25, -0.2) is 4.79 Å². The summed E-state index contributed by atoms with van der Waals surface area (Å²) in [5.41, 5.74) is 5.73. The molecule has 7 N–H and O–H groups in total. The Hall–Kier alpha value is -1.85. The van der Waals surface area contributed by atoms with Gasteiger partial charge in [-0.2, -0.15) is 12.6 Å². The van der Waals surface area contributed by atoms with Crippen molar-refractivity contribution in [2.45, 2.75) is 51.4 Å². The minimum absolute atomic E-state index is 0.159. The molecule has 0 aromatic rings. The van der Waals surface area contributed by atoms with Crippen LogP contribution in [0.3, 0.4) is 0 Å². The Balaban J connectivity index is 4.71. The van der Waals surface area contributed by atoms with Crippen LogP contribution in [0.2, 0.25) is 0 Å². The molecule has 0 aromatic heterocycles. The van der Waals surface area contributed by atoms with Gasteiger partial charge in [0.15, 0.2) is 0 Å². The lowest BCUT2D eigenvalue weighted by Crippen LogP contribution is -2.57. The lowest BCUT2D eigenvalue weighted by Gasteiger charge is -2.22. The maximum atomic E-state index is 12.1. The Kier molecular flexibility index (Phi) is 10.9. The number of carbonyl (C=O) groups is 4. The SMILES string of the molecule is CC(C)CC(N)C(=O)NC(C)C(=O)NC(CO)C(=O)NC(CS)C(=O)O. The fraction of sp³-hybridized carbons (Fsp3) is 0.733. The van der Waals surface area contributed by atoms with Crippen LogP contribution in [0.5, 0.6) is 0 Å². The van der Waals surface area contributed by atoms with Crippen LogP contribution in [0.4, 0.5) is 0 Å². The van der Waals surface area contributed by atoms with Crippen molar-refractivity contribution in [3.8, 4) is 0 Å². The molecule has 0 saturated carbocycles. The molecule has 0 spiro atoms. The maximum absolute atomic E-state index is 12.1. The number of aliphatic carboxylic acids is 1. The van der Waals surface area contributed by atoms with Crippen LogP contribution in [0.25, 0.3) is 0 Å². The summed E-state index contributed by atoms with van der Waals surface area (Å²) in [4.78, 5) is 46.9. The first-order chi connectivity index (χ1) is 12.0. The summed E-state index contributed by atoms with van der Waals surface area (Å²) in [6.07, 6.45) is 0.447. The zero-order valence-corrected chi connectivity index (χ0v) is 16.0. The average molecular weight is 392 g/mol. The van der Waals surface area contributed by atoms with Gasteiger partial charge in [0.2, 0.25) is 17.7 Å². The van der Waals surface area contributed by atoms with E-state index in [1.807, 2.05) is 13.8 Å². The highest BCUT2D eigenvalue weighted by molar-refractivity contribution is 7.80. The third kappa shape index (κ3) is 8.50. The molecule has 150 valence electrons. The number of amides is 3. The van der Waals surface area contributed by atoms with Crippen LogP contribution in [0.1, 0.15) is 27.2 Å². The number of nitrogens with one attached hydrogen (secondary N) is 3. The lowest BCUT2D eigenvalue weighted by atomic mass is 10.0. The van der Waals surface area contributed by atoms with E-state index in [4.69, 9.17) is 10.8 Å². The number of carboxylic acids is 1. The highest BCUT2D eigenvalue weighted by Gasteiger charge is 2.27. The van der Waals surface area contributed by atoms with E-state index in [2.05, 4.69) is 28.6 Å². The number of nitrogens with two attached hydrogens (primary N) is 1. The smallest absolute Gasteiger partial charge is 0.327 e. The highest BCUT2D eigenvalue weighted by atomic mass is 32.1. The van der Waals surface area contributed by atoms with E-state index >= 15 is 0 Å². The highest BCUT2D eigenvalue weighted by Crippen LogP contribution is 2.03. The summed E-state index contributed by atoms with van der Waals surface area (Å²) in [7, 11) is 0. The molecule has 26 heavy (non-hydrogen) atoms. The predicted octanol–water partition coefficient (Wildman–Crippen LogP) is -2.16. The third-order valence-corrected chi connectivity index (χ3v) is 3.79. The topological polar surface area (TPSA) is 171 Å². The van der Waals surface area contributed by atoms with Gasteiger partial charge in [-0.1, -0.05) is 13.8 Å². The van der Waals surface area contributed by atoms with Gasteiger partial charge in [0.25, 0.3) is 0 Å². The number of aliphatic hydroxyl groups excluding tert-OH is 1. The molecule has 10 nitrogen and oxygen atoms in total. The van der Waals surface area contributed by atoms with Crippen LogP contribution in [-0.4, -0.2) is 70.4 Å². The lowest BCUT2D eigenvalue weighted by molar-refractivity contribution is -0.141. The van der Waals surface area contributed by atoms with Gasteiger partial charge in [0, 0.05) is 5.75 Å². The molecule has 0 heterocycles. The maximum Gasteiger partial charge on any atom is 0.327 e. The minimum Gasteiger partial charge on any atom is -0.480 e. The Morgan fingerprint density at radius 3 is 1.92 bits per heavy atom. The van der Waals surface area contributed by atoms with Crippen molar-refractivity contribution in [2.24, 2.45) is 11.7 Å². The number of aliphatic hydroxyl groups is 1. The molecule has 0 fully saturated rings. The van der Waals surface area contributed by atoms with Crippen molar-refractivity contribution in [2.75, 3.05) is 12.4 Å². The number of rotatable bonds is 11. The van der Waals surface area contributed by atoms with Crippen molar-refractivity contribution in [3.63, 3.8) is 0 Å². The summed E-state index contributed by atoms with van der Waals surface area (Å²) in [5.74, 6) is -3.35. The van der Waals surface area contributed by atoms with Crippen molar-refractivity contribution < 1.29 is 29.4 Å². The van der Waals surface area contributed by atoms with Gasteiger partial charge >= 0.3 is 5.97 Å². The van der Waals surface area contributed by atoms with E-state index in [0.717, 1.165) is 0 Å². The van der Waals surface area contributed by atoms with Crippen LogP contribution < -0.4 is 21.7 Å². The zero-order chi connectivity index (χ0) is 20.4. The van der Waals surface area contributed by atoms with E-state index in [0.29, 0.717) is 6.42 Å². The Labute approximate surface area is 157 Å². The van der Waals surface area contributed by atoms with E-state index in [1.54, 1.807) is 0 Å². The van der Waals surface area contributed by atoms with Crippen LogP contribution in [0, 0.1) is 5.92 Å². The van der Waals surface area contributed by atoms with Gasteiger partial charge in [-0.05, 0) is 19.3 Å². The van der Waals surface area contributed by atoms with Gasteiger partial charge < -0.3 is 31.9 Å². The van der Waals surface area contributed by atoms with Crippen LogP contribution >= 0.6 is 12.6 Å². The van der Waals surface area contributed by atoms with Crippen molar-refractivity contribution >= 4 is 36.3 Å². The molecule has 0 saturated heterocycles. The summed E-state index contributed by atoms with van der Waals surface area (Å²) < 4.78 is 0. The fourth-order valence-electron chi connectivity index (χ4n) is 1.95. The number of thiol groups is 1. The zero-order valence-electron chi connectivity index (χ0n) is 15.1. The van der Waals surface area contributed by atoms with Gasteiger partial charge in [-0.15, -0.1) is 0 Å². The standard InChI is InChI=1S/C15H28N4O6S/c1-7(2)4-9(16)13(22)17-8(3)12(21)18-10(5-20)14(23)19-11(6-26)15(24)25/h7-11,20,26H,4-6,16H2,1-3H3,(H,17,22)(H,18,21)(H,19,23)(H,24,25). The molecule has 0 aliphatic rings. The minimum atomic E-state index is -1.37. The molecule has 4 unspecified atom stereocenters. The van der Waals surface area contributed by atoms with Gasteiger partial charge in [-0.3, -0.25) is 14.4 Å². The second-order valence-electron chi connectivity index (χ2n) is 6.29. The molecule has 0 rings (SSSR count). The predicted molar refractivity (Wildman–Crippen MR) is 97.5 cm³/mol. The summed E-state index contributed by atoms with van der Waals surface area (Å²) in [6, 6.07) is -4.40. The molecule has 11 heteroatoms. The Morgan fingerprint density at radius 2 is 1.50 bits per heavy atom. The second kappa shape index (κ2) is 11.7. The molecule has 0 radical (unpaired) electrons.